The van der Waals surface area contributed by atoms with Crippen molar-refractivity contribution >= 4 is 23.2 Å². The van der Waals surface area contributed by atoms with Crippen molar-refractivity contribution in [2.24, 2.45) is 11.8 Å². The van der Waals surface area contributed by atoms with Crippen LogP contribution in [0.5, 0.6) is 11.5 Å². The molecule has 9 heteroatoms. The van der Waals surface area contributed by atoms with Gasteiger partial charge in [-0.25, -0.2) is 4.39 Å². The second-order valence-corrected chi connectivity index (χ2v) is 18.0. The molecule has 4 aromatic carbocycles. The van der Waals surface area contributed by atoms with Gasteiger partial charge in [0, 0.05) is 62.4 Å². The van der Waals surface area contributed by atoms with E-state index in [1.165, 1.54) is 22.3 Å². The lowest BCUT2D eigenvalue weighted by Crippen LogP contribution is -2.50. The number of alkyl halides is 1. The van der Waals surface area contributed by atoms with Crippen LogP contribution in [-0.4, -0.2) is 82.9 Å². The Morgan fingerprint density at radius 3 is 2.28 bits per heavy atom. The number of aromatic hydroxyl groups is 1. The molecule has 0 spiro atoms. The van der Waals surface area contributed by atoms with Gasteiger partial charge < -0.3 is 19.6 Å². The van der Waals surface area contributed by atoms with Gasteiger partial charge in [-0.05, 0) is 133 Å². The van der Waals surface area contributed by atoms with Gasteiger partial charge in [0.05, 0.1) is 12.5 Å². The molecule has 0 bridgehead atoms. The summed E-state index contributed by atoms with van der Waals surface area (Å²) in [4.78, 5) is 44.2. The molecule has 2 aliphatic heterocycles. The Balaban J connectivity index is 0.720. The molecule has 58 heavy (non-hydrogen) atoms. The van der Waals surface area contributed by atoms with Gasteiger partial charge in [-0.2, -0.15) is 0 Å². The lowest BCUT2D eigenvalue weighted by molar-refractivity contribution is -0.133. The first-order chi connectivity index (χ1) is 28.2. The number of halogens is 1. The molecular weight excluding hydrogens is 730 g/mol. The van der Waals surface area contributed by atoms with Crippen LogP contribution in [0.3, 0.4) is 0 Å². The molecular formula is C49H52FN3O5. The van der Waals surface area contributed by atoms with E-state index in [-0.39, 0.29) is 36.4 Å². The first kappa shape index (κ1) is 37.3. The highest BCUT2D eigenvalue weighted by Gasteiger charge is 2.51. The number of hydrogen-bond acceptors (Lipinski definition) is 7. The maximum atomic E-state index is 16.4. The number of benzene rings is 4. The molecule has 1 N–H and O–H groups in total. The number of piperazine rings is 1. The van der Waals surface area contributed by atoms with E-state index in [1.54, 1.807) is 11.0 Å². The number of ketones is 2. The molecule has 10 rings (SSSR count). The van der Waals surface area contributed by atoms with Crippen molar-refractivity contribution in [2.45, 2.75) is 93.9 Å². The molecule has 0 radical (unpaired) electrons. The number of phenolic OH excluding ortho intramolecular Hbond substituents is 1. The highest BCUT2D eigenvalue weighted by Crippen LogP contribution is 2.52. The summed E-state index contributed by atoms with van der Waals surface area (Å²) in [5.41, 5.74) is 6.40. The quantitative estimate of drug-likeness (QED) is 0.181. The van der Waals surface area contributed by atoms with Gasteiger partial charge in [0.2, 0.25) is 0 Å². The molecule has 3 unspecified atom stereocenters. The summed E-state index contributed by atoms with van der Waals surface area (Å²) in [5.74, 6) is 1.98. The maximum Gasteiger partial charge on any atom is 0.255 e. The van der Waals surface area contributed by atoms with Gasteiger partial charge in [0.1, 0.15) is 29.6 Å². The minimum atomic E-state index is -1.31. The van der Waals surface area contributed by atoms with Gasteiger partial charge in [-0.3, -0.25) is 19.3 Å². The summed E-state index contributed by atoms with van der Waals surface area (Å²) in [5, 5.41) is 10.2. The SMILES string of the molecule is O=C1CCC(N2Cc3cc(N4CCN(C5CC6CC(F)(COc7ccc([C@@H]8c9ccc(O)cc9CC[C@@H]8c8ccccc8)cc7)CC6C5)CC4)ccc3C2=O)C(=O)C1. The van der Waals surface area contributed by atoms with Crippen LogP contribution in [0.4, 0.5) is 10.1 Å². The molecule has 6 aliphatic rings. The highest BCUT2D eigenvalue weighted by molar-refractivity contribution is 6.07. The van der Waals surface area contributed by atoms with Gasteiger partial charge in [0.25, 0.3) is 5.91 Å². The number of carbonyl (C=O) groups is 3. The maximum absolute atomic E-state index is 16.4. The number of Topliss-reactive ketones (excluding diaryl/α,β-unsaturated/α-hetero) is 2. The van der Waals surface area contributed by atoms with E-state index >= 15 is 4.39 Å². The average molecular weight is 782 g/mol. The van der Waals surface area contributed by atoms with Crippen LogP contribution < -0.4 is 9.64 Å². The Labute approximate surface area is 340 Å². The van der Waals surface area contributed by atoms with E-state index < -0.39 is 11.7 Å². The summed E-state index contributed by atoms with van der Waals surface area (Å²) in [6, 6.07) is 30.8. The fraction of sp³-hybridized carbons (Fsp3) is 0.449. The smallest absolute Gasteiger partial charge is 0.255 e. The van der Waals surface area contributed by atoms with E-state index in [4.69, 9.17) is 4.74 Å². The lowest BCUT2D eigenvalue weighted by Gasteiger charge is -2.39. The zero-order valence-electron chi connectivity index (χ0n) is 33.0. The van der Waals surface area contributed by atoms with E-state index in [0.29, 0.717) is 73.1 Å². The van der Waals surface area contributed by atoms with E-state index in [2.05, 4.69) is 64.4 Å². The lowest BCUT2D eigenvalue weighted by atomic mass is 9.69. The van der Waals surface area contributed by atoms with Crippen molar-refractivity contribution < 1.29 is 28.6 Å². The molecule has 2 heterocycles. The van der Waals surface area contributed by atoms with E-state index in [0.717, 1.165) is 63.1 Å². The third kappa shape index (κ3) is 6.99. The zero-order chi connectivity index (χ0) is 39.5. The van der Waals surface area contributed by atoms with Crippen molar-refractivity contribution in [3.05, 3.63) is 124 Å². The second kappa shape index (κ2) is 15.0. The first-order valence-electron chi connectivity index (χ1n) is 21.4. The third-order valence-electron chi connectivity index (χ3n) is 14.6. The van der Waals surface area contributed by atoms with Gasteiger partial charge >= 0.3 is 0 Å². The van der Waals surface area contributed by atoms with Crippen LogP contribution in [0.1, 0.15) is 101 Å². The fourth-order valence-corrected chi connectivity index (χ4v) is 11.7. The molecule has 1 saturated heterocycles. The molecule has 4 aromatic rings. The van der Waals surface area contributed by atoms with Crippen molar-refractivity contribution in [1.29, 1.82) is 0 Å². The van der Waals surface area contributed by atoms with Crippen molar-refractivity contribution in [2.75, 3.05) is 37.7 Å². The number of hydrogen-bond donors (Lipinski definition) is 1. The summed E-state index contributed by atoms with van der Waals surface area (Å²) in [6.45, 7) is 4.21. The Hall–Kier alpha value is -5.02. The standard InChI is InChI=1S/C49H52FN3O5/c50-49(30-58-41-12-6-32(7-13-41)47-42(31-4-2-1-3-5-31)14-8-33-25-39(54)10-16-43(33)47)27-34-22-38(23-35(34)28-49)52-20-18-51(19-21-52)37-9-15-44-36(24-37)29-53(48(44)57)45-17-11-40(55)26-46(45)56/h1-7,9-10,12-13,15-16,24-25,34-35,38,42,45,47,54H,8,11,14,17-23,26-30H2/t34?,35?,38?,42-,45?,47+,49?/m1/s1. The highest BCUT2D eigenvalue weighted by atomic mass is 19.1. The van der Waals surface area contributed by atoms with Crippen molar-refractivity contribution in [3.8, 4) is 11.5 Å². The number of nitrogens with zero attached hydrogens (tertiary/aromatic N) is 3. The molecule has 0 aromatic heterocycles. The Kier molecular flexibility index (Phi) is 9.62. The normalized spacial score (nSPS) is 29.7. The van der Waals surface area contributed by atoms with E-state index in [1.807, 2.05) is 30.3 Å². The van der Waals surface area contributed by atoms with Crippen LogP contribution in [0, 0.1) is 11.8 Å². The van der Waals surface area contributed by atoms with Crippen molar-refractivity contribution in [3.63, 3.8) is 0 Å². The van der Waals surface area contributed by atoms with Gasteiger partial charge in [-0.15, -0.1) is 0 Å². The number of phenols is 1. The Morgan fingerprint density at radius 2 is 1.53 bits per heavy atom. The van der Waals surface area contributed by atoms with Crippen LogP contribution >= 0.6 is 0 Å². The fourth-order valence-electron chi connectivity index (χ4n) is 11.7. The minimum absolute atomic E-state index is 0.0324. The summed E-state index contributed by atoms with van der Waals surface area (Å²) < 4.78 is 22.6. The van der Waals surface area contributed by atoms with Crippen LogP contribution in [0.2, 0.25) is 0 Å². The predicted octanol–water partition coefficient (Wildman–Crippen LogP) is 8.00. The van der Waals surface area contributed by atoms with E-state index in [9.17, 15) is 19.5 Å². The molecule has 5 atom stereocenters. The first-order valence-corrected chi connectivity index (χ1v) is 21.4. The van der Waals surface area contributed by atoms with Crippen molar-refractivity contribution in [1.82, 2.24) is 9.80 Å². The average Bonchev–Trinajstić information content (AvgIpc) is 3.89. The largest absolute Gasteiger partial charge is 0.508 e. The monoisotopic (exact) mass is 781 g/mol. The van der Waals surface area contributed by atoms with Crippen LogP contribution in [-0.2, 0) is 22.6 Å². The van der Waals surface area contributed by atoms with Gasteiger partial charge in [-0.1, -0.05) is 48.5 Å². The second-order valence-electron chi connectivity index (χ2n) is 18.0. The Bertz CT molecular complexity index is 2210. The topological polar surface area (TPSA) is 90.4 Å². The molecule has 4 fully saturated rings. The molecule has 4 aliphatic carbocycles. The molecule has 3 saturated carbocycles. The molecule has 1 amide bonds. The third-order valence-corrected chi connectivity index (χ3v) is 14.6. The summed E-state index contributed by atoms with van der Waals surface area (Å²) in [6.07, 6.45) is 5.84. The predicted molar refractivity (Wildman–Crippen MR) is 220 cm³/mol. The molecule has 8 nitrogen and oxygen atoms in total. The number of rotatable bonds is 8. The zero-order valence-corrected chi connectivity index (χ0v) is 33.0. The number of amides is 1. The van der Waals surface area contributed by atoms with Gasteiger partial charge in [0.15, 0.2) is 5.78 Å². The summed E-state index contributed by atoms with van der Waals surface area (Å²) >= 11 is 0. The minimum Gasteiger partial charge on any atom is -0.508 e. The summed E-state index contributed by atoms with van der Waals surface area (Å²) in [7, 11) is 0. The number of carbonyl (C=O) groups excluding carboxylic acids is 3. The number of fused-ring (bicyclic) bond motifs is 3. The number of aryl methyl sites for hydroxylation is 1. The number of ether oxygens (including phenoxy) is 1. The van der Waals surface area contributed by atoms with Crippen LogP contribution in [0.15, 0.2) is 91.0 Å². The Morgan fingerprint density at radius 1 is 0.776 bits per heavy atom. The van der Waals surface area contributed by atoms with Crippen LogP contribution in [0.25, 0.3) is 0 Å². The molecule has 300 valence electrons. The number of anilines is 1.